The Kier molecular flexibility index (Phi) is 7.56. The van der Waals surface area contributed by atoms with Crippen molar-refractivity contribution in [3.8, 4) is 0 Å². The van der Waals surface area contributed by atoms with Crippen LogP contribution in [0.4, 0.5) is 0 Å². The second-order valence-corrected chi connectivity index (χ2v) is 11.4. The van der Waals surface area contributed by atoms with E-state index in [-0.39, 0.29) is 17.9 Å². The van der Waals surface area contributed by atoms with Gasteiger partial charge in [0.25, 0.3) is 0 Å². The van der Waals surface area contributed by atoms with Crippen LogP contribution in [0, 0.1) is 5.92 Å². The van der Waals surface area contributed by atoms with Crippen molar-refractivity contribution in [3.05, 3.63) is 54.0 Å². The van der Waals surface area contributed by atoms with Crippen LogP contribution < -0.4 is 5.32 Å². The summed E-state index contributed by atoms with van der Waals surface area (Å²) in [5.74, 6) is 1.06. The lowest BCUT2D eigenvalue weighted by Crippen LogP contribution is -2.44. The van der Waals surface area contributed by atoms with E-state index in [0.29, 0.717) is 43.3 Å². The van der Waals surface area contributed by atoms with E-state index in [1.54, 1.807) is 18.4 Å². The zero-order valence-electron chi connectivity index (χ0n) is 19.6. The van der Waals surface area contributed by atoms with Gasteiger partial charge in [-0.1, -0.05) is 26.0 Å². The summed E-state index contributed by atoms with van der Waals surface area (Å²) in [5, 5.41) is 3.11. The van der Waals surface area contributed by atoms with Crippen molar-refractivity contribution in [3.63, 3.8) is 0 Å². The van der Waals surface area contributed by atoms with Crippen LogP contribution in [0.2, 0.25) is 0 Å². The smallest absolute Gasteiger partial charge is 0.243 e. The molecule has 4 rings (SSSR count). The highest BCUT2D eigenvalue weighted by molar-refractivity contribution is 7.89. The van der Waals surface area contributed by atoms with Gasteiger partial charge in [-0.3, -0.25) is 9.69 Å². The Morgan fingerprint density at radius 3 is 2.30 bits per heavy atom. The summed E-state index contributed by atoms with van der Waals surface area (Å²) in [6, 6.07) is 11.0. The van der Waals surface area contributed by atoms with Gasteiger partial charge in [-0.25, -0.2) is 8.42 Å². The molecular weight excluding hydrogens is 438 g/mol. The molecule has 2 fully saturated rings. The minimum atomic E-state index is -3.54. The van der Waals surface area contributed by atoms with E-state index in [9.17, 15) is 13.2 Å². The Bertz CT molecular complexity index is 1000. The SMILES string of the molecule is CC(C)c1ccc(S(=O)(=O)N2CCC(C(=O)NC[C@H](c3ccco3)N3CCCC3)CC2)cc1. The van der Waals surface area contributed by atoms with Gasteiger partial charge in [-0.15, -0.1) is 0 Å². The van der Waals surface area contributed by atoms with Gasteiger partial charge in [0.2, 0.25) is 15.9 Å². The van der Waals surface area contributed by atoms with E-state index in [2.05, 4.69) is 24.1 Å². The summed E-state index contributed by atoms with van der Waals surface area (Å²) in [6.07, 6.45) is 5.07. The zero-order chi connectivity index (χ0) is 23.4. The first-order valence-corrected chi connectivity index (χ1v) is 13.5. The molecule has 0 aliphatic carbocycles. The Balaban J connectivity index is 1.32. The molecule has 2 saturated heterocycles. The topological polar surface area (TPSA) is 82.9 Å². The quantitative estimate of drug-likeness (QED) is 0.631. The Labute approximate surface area is 197 Å². The predicted octanol–water partition coefficient (Wildman–Crippen LogP) is 3.76. The third kappa shape index (κ3) is 5.50. The van der Waals surface area contributed by atoms with Crippen LogP contribution in [0.5, 0.6) is 0 Å². The number of hydrogen-bond acceptors (Lipinski definition) is 5. The van der Waals surface area contributed by atoms with E-state index in [1.807, 2.05) is 24.3 Å². The number of amides is 1. The van der Waals surface area contributed by atoms with E-state index in [1.165, 1.54) is 4.31 Å². The molecule has 2 aromatic rings. The van der Waals surface area contributed by atoms with Crippen molar-refractivity contribution in [1.82, 2.24) is 14.5 Å². The molecule has 2 aliphatic rings. The number of piperidine rings is 1. The largest absolute Gasteiger partial charge is 0.468 e. The van der Waals surface area contributed by atoms with Crippen LogP contribution in [-0.4, -0.2) is 56.3 Å². The highest BCUT2D eigenvalue weighted by Crippen LogP contribution is 2.27. The minimum Gasteiger partial charge on any atom is -0.468 e. The molecule has 0 spiro atoms. The maximum absolute atomic E-state index is 13.0. The number of hydrogen-bond donors (Lipinski definition) is 1. The van der Waals surface area contributed by atoms with Crippen molar-refractivity contribution in [2.24, 2.45) is 5.92 Å². The van der Waals surface area contributed by atoms with Gasteiger partial charge >= 0.3 is 0 Å². The number of benzene rings is 1. The zero-order valence-corrected chi connectivity index (χ0v) is 20.4. The number of carbonyl (C=O) groups is 1. The molecule has 1 aromatic heterocycles. The normalized spacial score (nSPS) is 19.7. The molecule has 0 radical (unpaired) electrons. The Morgan fingerprint density at radius 1 is 1.06 bits per heavy atom. The molecule has 3 heterocycles. The highest BCUT2D eigenvalue weighted by atomic mass is 32.2. The molecule has 7 nitrogen and oxygen atoms in total. The molecule has 1 N–H and O–H groups in total. The third-order valence-corrected chi connectivity index (χ3v) is 8.84. The molecule has 8 heteroatoms. The van der Waals surface area contributed by atoms with Gasteiger partial charge in [0.1, 0.15) is 5.76 Å². The van der Waals surface area contributed by atoms with Crippen molar-refractivity contribution in [1.29, 1.82) is 0 Å². The van der Waals surface area contributed by atoms with E-state index in [0.717, 1.165) is 37.3 Å². The number of rotatable bonds is 8. The molecule has 0 unspecified atom stereocenters. The van der Waals surface area contributed by atoms with Crippen LogP contribution in [0.1, 0.15) is 62.8 Å². The lowest BCUT2D eigenvalue weighted by Gasteiger charge is -2.31. The summed E-state index contributed by atoms with van der Waals surface area (Å²) >= 11 is 0. The summed E-state index contributed by atoms with van der Waals surface area (Å²) in [4.78, 5) is 15.6. The van der Waals surface area contributed by atoms with E-state index in [4.69, 9.17) is 4.42 Å². The lowest BCUT2D eigenvalue weighted by molar-refractivity contribution is -0.126. The summed E-state index contributed by atoms with van der Waals surface area (Å²) in [6.45, 7) is 7.42. The molecule has 33 heavy (non-hydrogen) atoms. The molecule has 0 saturated carbocycles. The Hall–Kier alpha value is -2.16. The van der Waals surface area contributed by atoms with Gasteiger partial charge in [-0.2, -0.15) is 4.31 Å². The molecule has 180 valence electrons. The molecule has 1 atom stereocenters. The van der Waals surface area contributed by atoms with Gasteiger partial charge in [0.05, 0.1) is 17.2 Å². The first kappa shape index (κ1) is 24.0. The van der Waals surface area contributed by atoms with Gasteiger partial charge in [-0.05, 0) is 74.5 Å². The lowest BCUT2D eigenvalue weighted by atomic mass is 9.97. The highest BCUT2D eigenvalue weighted by Gasteiger charge is 2.33. The minimum absolute atomic E-state index is 0.00378. The molecule has 2 aliphatic heterocycles. The average molecular weight is 474 g/mol. The van der Waals surface area contributed by atoms with Crippen molar-refractivity contribution >= 4 is 15.9 Å². The van der Waals surface area contributed by atoms with E-state index >= 15 is 0 Å². The van der Waals surface area contributed by atoms with Gasteiger partial charge in [0, 0.05) is 25.6 Å². The molecule has 1 amide bonds. The van der Waals surface area contributed by atoms with Crippen LogP contribution in [0.3, 0.4) is 0 Å². The number of carbonyl (C=O) groups excluding carboxylic acids is 1. The van der Waals surface area contributed by atoms with E-state index < -0.39 is 10.0 Å². The van der Waals surface area contributed by atoms with Crippen LogP contribution in [0.15, 0.2) is 52.0 Å². The number of likely N-dealkylation sites (tertiary alicyclic amines) is 1. The number of nitrogens with one attached hydrogen (secondary N) is 1. The number of sulfonamides is 1. The second-order valence-electron chi connectivity index (χ2n) is 9.42. The summed E-state index contributed by atoms with van der Waals surface area (Å²) in [5.41, 5.74) is 1.12. The fraction of sp³-hybridized carbons (Fsp3) is 0.560. The number of furan rings is 1. The monoisotopic (exact) mass is 473 g/mol. The Morgan fingerprint density at radius 2 is 1.73 bits per heavy atom. The summed E-state index contributed by atoms with van der Waals surface area (Å²) in [7, 11) is -3.54. The van der Waals surface area contributed by atoms with Crippen molar-refractivity contribution < 1.29 is 17.6 Å². The predicted molar refractivity (Wildman–Crippen MR) is 127 cm³/mol. The van der Waals surface area contributed by atoms with Crippen LogP contribution in [0.25, 0.3) is 0 Å². The second kappa shape index (κ2) is 10.4. The van der Waals surface area contributed by atoms with Gasteiger partial charge in [0.15, 0.2) is 0 Å². The third-order valence-electron chi connectivity index (χ3n) is 6.93. The fourth-order valence-corrected chi connectivity index (χ4v) is 6.29. The fourth-order valence-electron chi connectivity index (χ4n) is 4.82. The van der Waals surface area contributed by atoms with Crippen LogP contribution in [-0.2, 0) is 14.8 Å². The molecule has 0 bridgehead atoms. The maximum Gasteiger partial charge on any atom is 0.243 e. The number of nitrogens with zero attached hydrogens (tertiary/aromatic N) is 2. The van der Waals surface area contributed by atoms with Gasteiger partial charge < -0.3 is 9.73 Å². The van der Waals surface area contributed by atoms with Crippen molar-refractivity contribution in [2.75, 3.05) is 32.7 Å². The first-order chi connectivity index (χ1) is 15.9. The maximum atomic E-state index is 13.0. The molecule has 1 aromatic carbocycles. The summed E-state index contributed by atoms with van der Waals surface area (Å²) < 4.78 is 33.2. The molecular formula is C25H35N3O4S. The van der Waals surface area contributed by atoms with Crippen molar-refractivity contribution in [2.45, 2.75) is 56.4 Å². The first-order valence-electron chi connectivity index (χ1n) is 12.0. The average Bonchev–Trinajstić information content (AvgIpc) is 3.54. The standard InChI is InChI=1S/C25H35N3O4S/c1-19(2)20-7-9-22(10-8-20)33(30,31)28-15-11-21(12-16-28)25(29)26-18-23(24-6-5-17-32-24)27-13-3-4-14-27/h5-10,17,19,21,23H,3-4,11-16,18H2,1-2H3,(H,26,29)/t23-/m1/s1. The van der Waals surface area contributed by atoms with Crippen LogP contribution >= 0.6 is 0 Å².